The van der Waals surface area contributed by atoms with Gasteiger partial charge >= 0.3 is 33.7 Å². The van der Waals surface area contributed by atoms with E-state index in [4.69, 9.17) is 19.7 Å². The van der Waals surface area contributed by atoms with Crippen LogP contribution in [-0.2, 0) is 40.8 Å². The van der Waals surface area contributed by atoms with E-state index in [2.05, 4.69) is 0 Å². The fourth-order valence-electron chi connectivity index (χ4n) is 1.54. The van der Waals surface area contributed by atoms with Crippen molar-refractivity contribution in [3.63, 3.8) is 0 Å². The summed E-state index contributed by atoms with van der Waals surface area (Å²) in [7, 11) is 0. The van der Waals surface area contributed by atoms with Gasteiger partial charge in [-0.3, -0.25) is 0 Å². The van der Waals surface area contributed by atoms with Crippen molar-refractivity contribution in [1.82, 2.24) is 0 Å². The van der Waals surface area contributed by atoms with E-state index >= 15 is 0 Å². The summed E-state index contributed by atoms with van der Waals surface area (Å²) in [6.07, 6.45) is 2.09. The molecule has 2 aliphatic heterocycles. The molecule has 0 aromatic rings. The normalized spacial score (nSPS) is 21.5. The maximum absolute atomic E-state index is 10.1. The number of hydrogen-bond acceptors (Lipinski definition) is 4. The van der Waals surface area contributed by atoms with Crippen LogP contribution in [0.15, 0.2) is 0 Å². The maximum Gasteiger partial charge on any atom is 4.00 e. The Hall–Kier alpha value is 0.734. The Morgan fingerprint density at radius 1 is 0.762 bits per heavy atom. The Balaban J connectivity index is -0.0000000656. The van der Waals surface area contributed by atoms with Gasteiger partial charge in [0.05, 0.1) is 0 Å². The molecule has 2 fully saturated rings. The third-order valence-corrected chi connectivity index (χ3v) is 2.41. The summed E-state index contributed by atoms with van der Waals surface area (Å²) >= 11 is 0. The summed E-state index contributed by atoms with van der Waals surface area (Å²) in [6.45, 7) is 1.22. The predicted octanol–water partition coefficient (Wildman–Crippen LogP) is -11.5. The van der Waals surface area contributed by atoms with Gasteiger partial charge in [0.2, 0.25) is 0 Å². The zero-order valence-corrected chi connectivity index (χ0v) is 15.5. The molecule has 0 saturated carbocycles. The van der Waals surface area contributed by atoms with Gasteiger partial charge in [-0.25, -0.2) is 9.59 Å². The molecule has 0 spiro atoms. The molecule has 2 heterocycles. The Morgan fingerprint density at radius 3 is 1.14 bits per heavy atom. The van der Waals surface area contributed by atoms with Gasteiger partial charge < -0.3 is 69.3 Å². The average molecular weight is 422 g/mol. The maximum atomic E-state index is 10.1. The van der Waals surface area contributed by atoms with Crippen molar-refractivity contribution < 1.29 is 101 Å². The van der Waals surface area contributed by atoms with Crippen molar-refractivity contribution >= 4 is 11.9 Å². The Morgan fingerprint density at radius 2 is 1.05 bits per heavy atom. The van der Waals surface area contributed by atoms with Crippen LogP contribution in [0.3, 0.4) is 0 Å². The molecule has 2 unspecified atom stereocenters. The van der Waals surface area contributed by atoms with Gasteiger partial charge in [-0.1, -0.05) is 0 Å². The molecule has 2 aliphatic rings. The summed E-state index contributed by atoms with van der Waals surface area (Å²) in [4.78, 5) is 20.2. The van der Waals surface area contributed by atoms with Gasteiger partial charge in [0.1, 0.15) is 0 Å². The fourth-order valence-corrected chi connectivity index (χ4v) is 1.54. The minimum atomic E-state index is -0.831. The average Bonchev–Trinajstić information content (AvgIpc) is 2.93. The van der Waals surface area contributed by atoms with Gasteiger partial charge in [-0.05, 0) is 25.7 Å². The summed E-state index contributed by atoms with van der Waals surface area (Å²) in [5, 5.41) is 16.6. The first kappa shape index (κ1) is 33.4. The molecule has 124 valence electrons. The van der Waals surface area contributed by atoms with Gasteiger partial charge in [0, 0.05) is 13.2 Å². The molecule has 0 aromatic carbocycles. The van der Waals surface area contributed by atoms with Crippen LogP contribution in [0.25, 0.3) is 0 Å². The molecule has 11 heteroatoms. The van der Waals surface area contributed by atoms with Gasteiger partial charge in [0.25, 0.3) is 0 Å². The Bertz CT molecular complexity index is 234. The summed E-state index contributed by atoms with van der Waals surface area (Å²) in [5.74, 6) is -1.66. The number of carboxylic acid groups (broad SMARTS) is 2. The number of carboxylic acids is 2. The van der Waals surface area contributed by atoms with E-state index < -0.39 is 24.1 Å². The Labute approximate surface area is 163 Å². The van der Waals surface area contributed by atoms with Crippen molar-refractivity contribution in [3.8, 4) is 0 Å². The zero-order chi connectivity index (χ0) is 12.0. The number of aliphatic carboxylic acids is 2. The topological polar surface area (TPSA) is 93.1 Å². The van der Waals surface area contributed by atoms with E-state index in [1.165, 1.54) is 0 Å². The monoisotopic (exact) mass is 420 g/mol. The molecular formula is C10H16Cl4O6Ti. The van der Waals surface area contributed by atoms with Crippen LogP contribution < -0.4 is 49.6 Å². The predicted molar refractivity (Wildman–Crippen MR) is 53.2 cm³/mol. The van der Waals surface area contributed by atoms with Crippen LogP contribution in [-0.4, -0.2) is 47.6 Å². The fraction of sp³-hybridized carbons (Fsp3) is 0.800. The third kappa shape index (κ3) is 14.1. The van der Waals surface area contributed by atoms with E-state index in [-0.39, 0.29) is 71.3 Å². The van der Waals surface area contributed by atoms with Crippen LogP contribution in [0.1, 0.15) is 25.7 Å². The molecular weight excluding hydrogens is 406 g/mol. The molecule has 0 aliphatic carbocycles. The standard InChI is InChI=1S/2C5H8O3.4ClH.Ti/c2*6-5(7)4-2-1-3-8-4;;;;;/h2*4H,1-3H2,(H,6,7);4*1H;/q;;;;;;+4/p-4. The largest absolute Gasteiger partial charge is 4.00 e. The molecule has 2 atom stereocenters. The van der Waals surface area contributed by atoms with Crippen molar-refractivity contribution in [1.29, 1.82) is 0 Å². The van der Waals surface area contributed by atoms with Crippen LogP contribution in [0.5, 0.6) is 0 Å². The zero-order valence-electron chi connectivity index (χ0n) is 10.9. The third-order valence-electron chi connectivity index (χ3n) is 2.41. The quantitative estimate of drug-likeness (QED) is 0.430. The van der Waals surface area contributed by atoms with E-state index in [1.54, 1.807) is 0 Å². The van der Waals surface area contributed by atoms with Gasteiger partial charge in [-0.2, -0.15) is 0 Å². The van der Waals surface area contributed by atoms with Gasteiger partial charge in [0.15, 0.2) is 12.2 Å². The molecule has 0 bridgehead atoms. The van der Waals surface area contributed by atoms with Crippen molar-refractivity contribution in [2.45, 2.75) is 37.9 Å². The second kappa shape index (κ2) is 18.8. The summed E-state index contributed by atoms with van der Waals surface area (Å²) in [5.41, 5.74) is 0. The van der Waals surface area contributed by atoms with Crippen LogP contribution in [0.2, 0.25) is 0 Å². The van der Waals surface area contributed by atoms with E-state index in [0.717, 1.165) is 12.8 Å². The smallest absolute Gasteiger partial charge is 1.00 e. The number of halogens is 4. The first-order chi connectivity index (χ1) is 7.61. The molecule has 2 rings (SSSR count). The molecule has 21 heavy (non-hydrogen) atoms. The Kier molecular flexibility index (Phi) is 29.8. The number of hydrogen-bond donors (Lipinski definition) is 2. The summed E-state index contributed by atoms with van der Waals surface area (Å²) < 4.78 is 9.63. The van der Waals surface area contributed by atoms with Crippen molar-refractivity contribution in [2.75, 3.05) is 13.2 Å². The second-order valence-electron chi connectivity index (χ2n) is 3.68. The van der Waals surface area contributed by atoms with Crippen molar-refractivity contribution in [2.24, 2.45) is 0 Å². The first-order valence-corrected chi connectivity index (χ1v) is 5.30. The molecule has 2 saturated heterocycles. The van der Waals surface area contributed by atoms with Gasteiger partial charge in [-0.15, -0.1) is 0 Å². The minimum absolute atomic E-state index is 0. The summed E-state index contributed by atoms with van der Waals surface area (Å²) in [6, 6.07) is 0. The van der Waals surface area contributed by atoms with Crippen molar-refractivity contribution in [3.05, 3.63) is 0 Å². The van der Waals surface area contributed by atoms with Crippen LogP contribution in [0, 0.1) is 0 Å². The molecule has 2 N–H and O–H groups in total. The second-order valence-corrected chi connectivity index (χ2v) is 3.68. The van der Waals surface area contributed by atoms with E-state index in [9.17, 15) is 9.59 Å². The molecule has 0 aromatic heterocycles. The van der Waals surface area contributed by atoms with E-state index in [1.807, 2.05) is 0 Å². The van der Waals surface area contributed by atoms with Crippen LogP contribution >= 0.6 is 0 Å². The SMILES string of the molecule is O=C(O)C1CCCO1.O=C(O)C1CCCO1.[Cl-].[Cl-].[Cl-].[Cl-].[Ti+4]. The molecule has 0 amide bonds. The number of rotatable bonds is 2. The van der Waals surface area contributed by atoms with Crippen LogP contribution in [0.4, 0.5) is 0 Å². The first-order valence-electron chi connectivity index (χ1n) is 5.30. The van der Waals surface area contributed by atoms with E-state index in [0.29, 0.717) is 26.1 Å². The minimum Gasteiger partial charge on any atom is -1.00 e. The number of ether oxygens (including phenoxy) is 2. The number of carbonyl (C=O) groups is 2. The molecule has 0 radical (unpaired) electrons. The molecule has 6 nitrogen and oxygen atoms in total.